The first-order valence-electron chi connectivity index (χ1n) is 6.67. The van der Waals surface area contributed by atoms with Crippen LogP contribution in [-0.4, -0.2) is 30.9 Å². The molecule has 0 radical (unpaired) electrons. The third-order valence-electron chi connectivity index (χ3n) is 3.73. The van der Waals surface area contributed by atoms with Crippen LogP contribution in [0.5, 0.6) is 0 Å². The number of hydrogen-bond acceptors (Lipinski definition) is 4. The lowest BCUT2D eigenvalue weighted by Crippen LogP contribution is -2.36. The Hall–Kier alpha value is -2.39. The van der Waals surface area contributed by atoms with Crippen molar-refractivity contribution in [2.45, 2.75) is 0 Å². The number of fused-ring (bicyclic) bond motifs is 1. The van der Waals surface area contributed by atoms with Crippen LogP contribution in [0.25, 0.3) is 10.9 Å². The summed E-state index contributed by atoms with van der Waals surface area (Å²) in [5, 5.41) is 9.18. The van der Waals surface area contributed by atoms with Crippen LogP contribution in [0.15, 0.2) is 23.1 Å². The van der Waals surface area contributed by atoms with Gasteiger partial charge in [-0.1, -0.05) is 0 Å². The topological polar surface area (TPSA) is 58.3 Å². The summed E-state index contributed by atoms with van der Waals surface area (Å²) in [6.07, 6.45) is 1.48. The molecule has 108 valence electrons. The van der Waals surface area contributed by atoms with Gasteiger partial charge in [0.25, 0.3) is 0 Å². The first-order chi connectivity index (χ1) is 10.1. The zero-order valence-corrected chi connectivity index (χ0v) is 11.6. The van der Waals surface area contributed by atoms with Gasteiger partial charge in [-0.05, 0) is 12.1 Å². The van der Waals surface area contributed by atoms with Crippen molar-refractivity contribution in [1.82, 2.24) is 4.57 Å². The second-order valence-electron chi connectivity index (χ2n) is 5.01. The maximum atomic E-state index is 14.3. The number of morpholine rings is 1. The number of nitriles is 1. The van der Waals surface area contributed by atoms with Crippen molar-refractivity contribution in [3.05, 3.63) is 39.9 Å². The Kier molecular flexibility index (Phi) is 3.35. The first-order valence-corrected chi connectivity index (χ1v) is 6.67. The van der Waals surface area contributed by atoms with E-state index in [2.05, 4.69) is 0 Å². The minimum Gasteiger partial charge on any atom is -0.378 e. The van der Waals surface area contributed by atoms with E-state index in [-0.39, 0.29) is 10.9 Å². The van der Waals surface area contributed by atoms with Gasteiger partial charge in [0.1, 0.15) is 17.4 Å². The highest BCUT2D eigenvalue weighted by molar-refractivity contribution is 5.84. The highest BCUT2D eigenvalue weighted by atomic mass is 19.1. The Morgan fingerprint density at radius 1 is 1.33 bits per heavy atom. The average molecular weight is 287 g/mol. The number of aryl methyl sites for hydroxylation is 1. The van der Waals surface area contributed by atoms with Crippen LogP contribution < -0.4 is 10.3 Å². The van der Waals surface area contributed by atoms with Gasteiger partial charge >= 0.3 is 0 Å². The van der Waals surface area contributed by atoms with Gasteiger partial charge in [-0.3, -0.25) is 4.79 Å². The number of hydrogen-bond donors (Lipinski definition) is 0. The fraction of sp³-hybridized carbons (Fsp3) is 0.333. The van der Waals surface area contributed by atoms with Crippen molar-refractivity contribution in [1.29, 1.82) is 5.26 Å². The number of halogens is 1. The van der Waals surface area contributed by atoms with Crippen molar-refractivity contribution >= 4 is 16.6 Å². The molecule has 0 aliphatic carbocycles. The van der Waals surface area contributed by atoms with Crippen molar-refractivity contribution < 1.29 is 9.13 Å². The predicted molar refractivity (Wildman–Crippen MR) is 76.9 cm³/mol. The Morgan fingerprint density at radius 2 is 2.05 bits per heavy atom. The second kappa shape index (κ2) is 5.19. The fourth-order valence-corrected chi connectivity index (χ4v) is 2.62. The van der Waals surface area contributed by atoms with E-state index < -0.39 is 11.2 Å². The zero-order chi connectivity index (χ0) is 15.0. The maximum absolute atomic E-state index is 14.3. The lowest BCUT2D eigenvalue weighted by Gasteiger charge is -2.29. The van der Waals surface area contributed by atoms with Crippen molar-refractivity contribution in [3.63, 3.8) is 0 Å². The normalized spacial score (nSPS) is 15.2. The summed E-state index contributed by atoms with van der Waals surface area (Å²) in [6, 6.07) is 4.73. The van der Waals surface area contributed by atoms with Crippen LogP contribution in [0.3, 0.4) is 0 Å². The molecule has 2 aromatic rings. The smallest absolute Gasteiger partial charge is 0.207 e. The molecule has 1 aromatic heterocycles. The van der Waals surface area contributed by atoms with Gasteiger partial charge in [0, 0.05) is 26.3 Å². The molecule has 6 heteroatoms. The van der Waals surface area contributed by atoms with E-state index in [1.807, 2.05) is 11.0 Å². The average Bonchev–Trinajstić information content (AvgIpc) is 2.51. The van der Waals surface area contributed by atoms with Crippen molar-refractivity contribution in [3.8, 4) is 6.07 Å². The Morgan fingerprint density at radius 3 is 2.71 bits per heavy atom. The Labute approximate surface area is 120 Å². The molecule has 0 bridgehead atoms. The molecular weight excluding hydrogens is 273 g/mol. The third-order valence-corrected chi connectivity index (χ3v) is 3.73. The van der Waals surface area contributed by atoms with Crippen molar-refractivity contribution in [2.75, 3.05) is 31.2 Å². The lowest BCUT2D eigenvalue weighted by molar-refractivity contribution is 0.122. The molecule has 3 rings (SSSR count). The first kappa shape index (κ1) is 13.6. The molecule has 0 saturated carbocycles. The molecule has 1 aliphatic rings. The monoisotopic (exact) mass is 287 g/mol. The number of nitrogens with zero attached hydrogens (tertiary/aromatic N) is 3. The fourth-order valence-electron chi connectivity index (χ4n) is 2.62. The summed E-state index contributed by atoms with van der Waals surface area (Å²) < 4.78 is 21.3. The number of benzene rings is 1. The molecule has 21 heavy (non-hydrogen) atoms. The van der Waals surface area contributed by atoms with E-state index >= 15 is 0 Å². The maximum Gasteiger partial charge on any atom is 0.207 e. The number of aromatic nitrogens is 1. The summed E-state index contributed by atoms with van der Waals surface area (Å²) >= 11 is 0. The van der Waals surface area contributed by atoms with Crippen molar-refractivity contribution in [2.24, 2.45) is 7.05 Å². The van der Waals surface area contributed by atoms with Gasteiger partial charge in [0.2, 0.25) is 5.43 Å². The van der Waals surface area contributed by atoms with Gasteiger partial charge in [-0.15, -0.1) is 0 Å². The molecule has 2 heterocycles. The van der Waals surface area contributed by atoms with E-state index in [1.54, 1.807) is 17.7 Å². The molecule has 1 aromatic carbocycles. The minimum atomic E-state index is -0.448. The molecule has 5 nitrogen and oxygen atoms in total. The van der Waals surface area contributed by atoms with E-state index in [0.29, 0.717) is 37.5 Å². The van der Waals surface area contributed by atoms with E-state index in [9.17, 15) is 9.18 Å². The largest absolute Gasteiger partial charge is 0.378 e. The summed E-state index contributed by atoms with van der Waals surface area (Å²) in [7, 11) is 1.74. The van der Waals surface area contributed by atoms with Crippen LogP contribution in [0.2, 0.25) is 0 Å². The standard InChI is InChI=1S/C15H14FN3O2/c1-18-9-10(8-17)15(20)11-6-12(16)14(7-13(11)18)19-2-4-21-5-3-19/h6-7,9H,2-5H2,1H3. The molecule has 0 atom stereocenters. The highest BCUT2D eigenvalue weighted by Gasteiger charge is 2.18. The van der Waals surface area contributed by atoms with Crippen LogP contribution in [0, 0.1) is 17.1 Å². The van der Waals surface area contributed by atoms with Crippen LogP contribution in [0.4, 0.5) is 10.1 Å². The molecule has 0 unspecified atom stereocenters. The Balaban J connectivity index is 2.22. The van der Waals surface area contributed by atoms with E-state index in [0.717, 1.165) is 0 Å². The quantitative estimate of drug-likeness (QED) is 0.795. The summed E-state index contributed by atoms with van der Waals surface area (Å²) in [6.45, 7) is 2.35. The number of ether oxygens (including phenoxy) is 1. The second-order valence-corrected chi connectivity index (χ2v) is 5.01. The van der Waals surface area contributed by atoms with Gasteiger partial charge in [-0.25, -0.2) is 4.39 Å². The Bertz CT molecular complexity index is 801. The van der Waals surface area contributed by atoms with Crippen LogP contribution >= 0.6 is 0 Å². The lowest BCUT2D eigenvalue weighted by atomic mass is 10.1. The van der Waals surface area contributed by atoms with E-state index in [1.165, 1.54) is 12.3 Å². The highest BCUT2D eigenvalue weighted by Crippen LogP contribution is 2.25. The minimum absolute atomic E-state index is 0.0172. The number of rotatable bonds is 1. The zero-order valence-electron chi connectivity index (χ0n) is 11.6. The molecular formula is C15H14FN3O2. The molecule has 1 saturated heterocycles. The number of pyridine rings is 1. The van der Waals surface area contributed by atoms with Crippen LogP contribution in [0.1, 0.15) is 5.56 Å². The van der Waals surface area contributed by atoms with Gasteiger partial charge in [0.15, 0.2) is 0 Å². The molecule has 0 N–H and O–H groups in total. The third kappa shape index (κ3) is 2.26. The molecule has 1 aliphatic heterocycles. The summed E-state index contributed by atoms with van der Waals surface area (Å²) in [5.74, 6) is -0.448. The number of anilines is 1. The predicted octanol–water partition coefficient (Wildman–Crippen LogP) is 1.39. The summed E-state index contributed by atoms with van der Waals surface area (Å²) in [4.78, 5) is 14.0. The summed E-state index contributed by atoms with van der Waals surface area (Å²) in [5.41, 5.74) is 0.661. The van der Waals surface area contributed by atoms with E-state index in [4.69, 9.17) is 10.00 Å². The van der Waals surface area contributed by atoms with Gasteiger partial charge < -0.3 is 14.2 Å². The molecule has 1 fully saturated rings. The SMILES string of the molecule is Cn1cc(C#N)c(=O)c2cc(F)c(N3CCOCC3)cc21. The van der Waals surface area contributed by atoms with Gasteiger partial charge in [0.05, 0.1) is 29.8 Å². The van der Waals surface area contributed by atoms with Gasteiger partial charge in [-0.2, -0.15) is 5.26 Å². The molecule has 0 spiro atoms. The molecule has 0 amide bonds. The van der Waals surface area contributed by atoms with Crippen LogP contribution in [-0.2, 0) is 11.8 Å².